The lowest BCUT2D eigenvalue weighted by Crippen LogP contribution is -2.16. The van der Waals surface area contributed by atoms with Crippen LogP contribution in [0.1, 0.15) is 85.5 Å². The lowest BCUT2D eigenvalue weighted by atomic mass is 10.2. The van der Waals surface area contributed by atoms with Gasteiger partial charge in [-0.3, -0.25) is 4.79 Å². The summed E-state index contributed by atoms with van der Waals surface area (Å²) in [5.41, 5.74) is 0. The van der Waals surface area contributed by atoms with Crippen molar-refractivity contribution in [1.29, 1.82) is 0 Å². The summed E-state index contributed by atoms with van der Waals surface area (Å²) in [5, 5.41) is 3.50. The highest BCUT2D eigenvalue weighted by atomic mass is 16.5. The number of hydrogen-bond donors (Lipinski definition) is 1. The molecule has 0 aromatic heterocycles. The molecule has 0 aliphatic carbocycles. The fraction of sp³-hybridized carbons (Fsp3) is 0.941. The van der Waals surface area contributed by atoms with Crippen molar-refractivity contribution in [2.45, 2.75) is 85.5 Å². The predicted molar refractivity (Wildman–Crippen MR) is 88.1 cm³/mol. The summed E-state index contributed by atoms with van der Waals surface area (Å²) in [6.07, 6.45) is 11.9. The highest BCUT2D eigenvalue weighted by Gasteiger charge is 1.89. The molecule has 0 amide bonds. The molecule has 3 heteroatoms. The van der Waals surface area contributed by atoms with Gasteiger partial charge in [0.05, 0.1) is 6.61 Å². The van der Waals surface area contributed by atoms with E-state index in [9.17, 15) is 4.79 Å². The molecule has 0 saturated heterocycles. The smallest absolute Gasteiger partial charge is 0.302 e. The van der Waals surface area contributed by atoms with Gasteiger partial charge in [-0.05, 0) is 32.4 Å². The van der Waals surface area contributed by atoms with Gasteiger partial charge < -0.3 is 10.1 Å². The minimum Gasteiger partial charge on any atom is -0.466 e. The molecule has 0 rings (SSSR count). The zero-order valence-corrected chi connectivity index (χ0v) is 14.3. The summed E-state index contributed by atoms with van der Waals surface area (Å²) in [4.78, 5) is 9.98. The van der Waals surface area contributed by atoms with Gasteiger partial charge >= 0.3 is 5.97 Å². The van der Waals surface area contributed by atoms with Crippen LogP contribution >= 0.6 is 0 Å². The second kappa shape index (κ2) is 20.7. The first-order valence-electron chi connectivity index (χ1n) is 8.53. The van der Waals surface area contributed by atoms with Crippen molar-refractivity contribution in [1.82, 2.24) is 5.32 Å². The molecule has 0 aromatic rings. The van der Waals surface area contributed by atoms with Crippen LogP contribution in [0.4, 0.5) is 0 Å². The largest absolute Gasteiger partial charge is 0.466 e. The van der Waals surface area contributed by atoms with Crippen molar-refractivity contribution in [3.63, 3.8) is 0 Å². The summed E-state index contributed by atoms with van der Waals surface area (Å²) in [6, 6.07) is 0. The van der Waals surface area contributed by atoms with Crippen LogP contribution in [0.5, 0.6) is 0 Å². The van der Waals surface area contributed by atoms with Crippen molar-refractivity contribution < 1.29 is 9.53 Å². The quantitative estimate of drug-likeness (QED) is 0.418. The normalized spacial score (nSPS) is 9.80. The van der Waals surface area contributed by atoms with Crippen LogP contribution in [0.2, 0.25) is 0 Å². The minimum absolute atomic E-state index is 0.193. The van der Waals surface area contributed by atoms with E-state index in [1.807, 2.05) is 6.92 Å². The maximum absolute atomic E-state index is 9.98. The molecule has 0 radical (unpaired) electrons. The van der Waals surface area contributed by atoms with Gasteiger partial charge in [-0.25, -0.2) is 0 Å². The van der Waals surface area contributed by atoms with Crippen LogP contribution in [-0.2, 0) is 9.53 Å². The van der Waals surface area contributed by atoms with E-state index in [0.29, 0.717) is 6.61 Å². The molecule has 0 heterocycles. The van der Waals surface area contributed by atoms with Crippen LogP contribution in [-0.4, -0.2) is 25.7 Å². The fourth-order valence-corrected chi connectivity index (χ4v) is 1.72. The van der Waals surface area contributed by atoms with E-state index in [2.05, 4.69) is 23.9 Å². The van der Waals surface area contributed by atoms with Crippen molar-refractivity contribution in [2.75, 3.05) is 19.7 Å². The molecular weight excluding hydrogens is 250 g/mol. The Morgan fingerprint density at radius 3 is 1.60 bits per heavy atom. The van der Waals surface area contributed by atoms with Gasteiger partial charge in [0, 0.05) is 6.92 Å². The van der Waals surface area contributed by atoms with Crippen molar-refractivity contribution in [3.8, 4) is 0 Å². The predicted octanol–water partition coefficient (Wildman–Crippen LogP) is 4.70. The van der Waals surface area contributed by atoms with E-state index >= 15 is 0 Å². The van der Waals surface area contributed by atoms with E-state index in [4.69, 9.17) is 0 Å². The third kappa shape index (κ3) is 26.1. The summed E-state index contributed by atoms with van der Waals surface area (Å²) in [7, 11) is 0. The van der Waals surface area contributed by atoms with Crippen LogP contribution in [0.25, 0.3) is 0 Å². The fourth-order valence-electron chi connectivity index (χ4n) is 1.72. The first-order chi connectivity index (χ1) is 9.68. The Labute approximate surface area is 126 Å². The topological polar surface area (TPSA) is 38.3 Å². The van der Waals surface area contributed by atoms with E-state index < -0.39 is 0 Å². The maximum atomic E-state index is 9.98. The molecule has 0 unspecified atom stereocenters. The van der Waals surface area contributed by atoms with Gasteiger partial charge in [-0.15, -0.1) is 0 Å². The summed E-state index contributed by atoms with van der Waals surface area (Å²) < 4.78 is 4.55. The van der Waals surface area contributed by atoms with Gasteiger partial charge in [-0.2, -0.15) is 0 Å². The van der Waals surface area contributed by atoms with Crippen molar-refractivity contribution >= 4 is 5.97 Å². The molecule has 20 heavy (non-hydrogen) atoms. The zero-order chi connectivity index (χ0) is 15.5. The molecule has 0 fully saturated rings. The molecule has 0 saturated carbocycles. The van der Waals surface area contributed by atoms with E-state index in [1.54, 1.807) is 0 Å². The summed E-state index contributed by atoms with van der Waals surface area (Å²) in [6.45, 7) is 10.9. The maximum Gasteiger partial charge on any atom is 0.302 e. The zero-order valence-electron chi connectivity index (χ0n) is 14.3. The lowest BCUT2D eigenvalue weighted by molar-refractivity contribution is -0.140. The Bertz CT molecular complexity index is 174. The van der Waals surface area contributed by atoms with Crippen molar-refractivity contribution in [2.24, 2.45) is 0 Å². The number of rotatable bonds is 12. The van der Waals surface area contributed by atoms with E-state index in [0.717, 1.165) is 6.42 Å². The first-order valence-corrected chi connectivity index (χ1v) is 8.53. The van der Waals surface area contributed by atoms with Crippen molar-refractivity contribution in [3.05, 3.63) is 0 Å². The Morgan fingerprint density at radius 2 is 1.30 bits per heavy atom. The average Bonchev–Trinajstić information content (AvgIpc) is 2.44. The summed E-state index contributed by atoms with van der Waals surface area (Å²) in [5.74, 6) is -0.193. The molecule has 0 aromatic carbocycles. The van der Waals surface area contributed by atoms with Gasteiger partial charge in [0.2, 0.25) is 0 Å². The standard InChI is InChI=1S/C12H27N.C5H10O2/c1-3-5-7-9-11-13-12-10-8-6-4-2;1-3-4-7-5(2)6/h13H,3-12H2,1-2H3;3-4H2,1-2H3. The Hall–Kier alpha value is -0.570. The first kappa shape index (κ1) is 21.7. The summed E-state index contributed by atoms with van der Waals surface area (Å²) >= 11 is 0. The average molecular weight is 287 g/mol. The van der Waals surface area contributed by atoms with Gasteiger partial charge in [0.15, 0.2) is 0 Å². The molecule has 0 spiro atoms. The molecule has 0 aliphatic rings. The number of nitrogens with one attached hydrogen (secondary N) is 1. The number of hydrogen-bond acceptors (Lipinski definition) is 3. The van der Waals surface area contributed by atoms with Gasteiger partial charge in [0.1, 0.15) is 0 Å². The van der Waals surface area contributed by atoms with Gasteiger partial charge in [-0.1, -0.05) is 59.3 Å². The Morgan fingerprint density at radius 1 is 0.800 bits per heavy atom. The van der Waals surface area contributed by atoms with E-state index in [-0.39, 0.29) is 5.97 Å². The molecule has 1 N–H and O–H groups in total. The number of ether oxygens (including phenoxy) is 1. The van der Waals surface area contributed by atoms with Crippen LogP contribution in [0, 0.1) is 0 Å². The van der Waals surface area contributed by atoms with Crippen LogP contribution < -0.4 is 5.32 Å². The monoisotopic (exact) mass is 287 g/mol. The highest BCUT2D eigenvalue weighted by molar-refractivity contribution is 5.65. The number of esters is 1. The molecule has 0 atom stereocenters. The molecular formula is C17H37NO2. The molecule has 0 aliphatic heterocycles. The third-order valence-electron chi connectivity index (χ3n) is 2.92. The number of carbonyl (C=O) groups excluding carboxylic acids is 1. The van der Waals surface area contributed by atoms with Crippen LogP contribution in [0.3, 0.4) is 0 Å². The SMILES string of the molecule is CCCCCCNCCCCCC.CCCOC(C)=O. The van der Waals surface area contributed by atoms with Crippen LogP contribution in [0.15, 0.2) is 0 Å². The number of carbonyl (C=O) groups is 1. The second-order valence-corrected chi connectivity index (χ2v) is 5.21. The lowest BCUT2D eigenvalue weighted by Gasteiger charge is -2.03. The van der Waals surface area contributed by atoms with E-state index in [1.165, 1.54) is 71.4 Å². The number of unbranched alkanes of at least 4 members (excludes halogenated alkanes) is 6. The molecule has 3 nitrogen and oxygen atoms in total. The molecule has 122 valence electrons. The Balaban J connectivity index is 0. The molecule has 0 bridgehead atoms. The minimum atomic E-state index is -0.193. The Kier molecular flexibility index (Phi) is 22.5. The second-order valence-electron chi connectivity index (χ2n) is 5.21. The highest BCUT2D eigenvalue weighted by Crippen LogP contribution is 1.98. The van der Waals surface area contributed by atoms with Gasteiger partial charge in [0.25, 0.3) is 0 Å². The third-order valence-corrected chi connectivity index (χ3v) is 2.92.